The van der Waals surface area contributed by atoms with Crippen molar-refractivity contribution in [2.45, 2.75) is 13.3 Å². The zero-order valence-corrected chi connectivity index (χ0v) is 14.3. The summed E-state index contributed by atoms with van der Waals surface area (Å²) in [6.45, 7) is 2.31. The lowest BCUT2D eigenvalue weighted by atomic mass is 10.1. The number of nitrogens with two attached hydrogens (primary N) is 1. The van der Waals surface area contributed by atoms with Gasteiger partial charge < -0.3 is 15.8 Å². The first-order chi connectivity index (χ1) is 12.7. The molecular weight excluding hydrogens is 330 g/mol. The Balaban J connectivity index is 1.89. The third-order valence-electron chi connectivity index (χ3n) is 3.57. The quantitative estimate of drug-likeness (QED) is 0.663. The number of amides is 1. The number of benzene rings is 1. The first kappa shape index (κ1) is 17.3. The number of ether oxygens (including phenoxy) is 1. The second-order valence-electron chi connectivity index (χ2n) is 5.53. The van der Waals surface area contributed by atoms with Gasteiger partial charge in [-0.05, 0) is 36.8 Å². The average Bonchev–Trinajstić information content (AvgIpc) is 2.65. The molecule has 3 N–H and O–H groups in total. The van der Waals surface area contributed by atoms with E-state index in [1.165, 1.54) is 0 Å². The highest BCUT2D eigenvalue weighted by Gasteiger charge is 2.14. The second-order valence-corrected chi connectivity index (χ2v) is 5.53. The maximum Gasteiger partial charge on any atom is 0.275 e. The number of carbonyl (C=O) groups is 1. The molecule has 2 aromatic heterocycles. The summed E-state index contributed by atoms with van der Waals surface area (Å²) in [5, 5.41) is 2.77. The molecule has 0 spiro atoms. The third-order valence-corrected chi connectivity index (χ3v) is 3.57. The number of aromatic nitrogens is 3. The van der Waals surface area contributed by atoms with Gasteiger partial charge in [0.15, 0.2) is 5.82 Å². The van der Waals surface area contributed by atoms with Crippen LogP contribution in [-0.2, 0) is 6.42 Å². The van der Waals surface area contributed by atoms with Gasteiger partial charge in [0.25, 0.3) is 5.91 Å². The topological polar surface area (TPSA) is 103 Å². The third kappa shape index (κ3) is 4.32. The van der Waals surface area contributed by atoms with Crippen molar-refractivity contribution in [2.75, 3.05) is 17.7 Å². The Labute approximate surface area is 151 Å². The van der Waals surface area contributed by atoms with Gasteiger partial charge in [0.2, 0.25) is 5.88 Å². The van der Waals surface area contributed by atoms with Crippen LogP contribution in [0.2, 0.25) is 0 Å². The van der Waals surface area contributed by atoms with Crippen molar-refractivity contribution in [2.24, 2.45) is 0 Å². The Morgan fingerprint density at radius 1 is 1.19 bits per heavy atom. The number of nitrogens with one attached hydrogen (secondary N) is 1. The largest absolute Gasteiger partial charge is 0.477 e. The fourth-order valence-corrected chi connectivity index (χ4v) is 2.41. The van der Waals surface area contributed by atoms with E-state index in [2.05, 4.69) is 20.3 Å². The summed E-state index contributed by atoms with van der Waals surface area (Å²) in [5.74, 6) is 0.330. The number of rotatable bonds is 6. The highest BCUT2D eigenvalue weighted by molar-refractivity contribution is 6.02. The standard InChI is InChI=1S/C19H19N5O2/c1-2-26-17-12-22-16(11-13-6-5-7-14(20)10-13)18(23-17)24-19(25)15-8-3-4-9-21-15/h3-10,12H,2,11,20H2,1H3,(H,23,24,25). The molecule has 26 heavy (non-hydrogen) atoms. The molecule has 0 aliphatic rings. The Morgan fingerprint density at radius 2 is 2.08 bits per heavy atom. The molecular formula is C19H19N5O2. The van der Waals surface area contributed by atoms with Crippen LogP contribution in [-0.4, -0.2) is 27.5 Å². The number of anilines is 2. The lowest BCUT2D eigenvalue weighted by molar-refractivity contribution is 0.102. The van der Waals surface area contributed by atoms with Crippen LogP contribution < -0.4 is 15.8 Å². The van der Waals surface area contributed by atoms with E-state index >= 15 is 0 Å². The average molecular weight is 349 g/mol. The summed E-state index contributed by atoms with van der Waals surface area (Å²) >= 11 is 0. The molecule has 0 atom stereocenters. The Bertz CT molecular complexity index is 899. The van der Waals surface area contributed by atoms with Crippen LogP contribution >= 0.6 is 0 Å². The van der Waals surface area contributed by atoms with Crippen molar-refractivity contribution in [1.29, 1.82) is 0 Å². The van der Waals surface area contributed by atoms with Gasteiger partial charge in [-0.25, -0.2) is 0 Å². The minimum absolute atomic E-state index is 0.297. The van der Waals surface area contributed by atoms with E-state index in [-0.39, 0.29) is 5.91 Å². The van der Waals surface area contributed by atoms with E-state index in [9.17, 15) is 4.79 Å². The molecule has 3 aromatic rings. The van der Waals surface area contributed by atoms with Crippen molar-refractivity contribution in [3.8, 4) is 5.88 Å². The Kier molecular flexibility index (Phi) is 5.38. The molecule has 7 nitrogen and oxygen atoms in total. The van der Waals surface area contributed by atoms with Gasteiger partial charge in [0.05, 0.1) is 18.5 Å². The Morgan fingerprint density at radius 3 is 2.81 bits per heavy atom. The highest BCUT2D eigenvalue weighted by atomic mass is 16.5. The molecule has 2 heterocycles. The van der Waals surface area contributed by atoms with Gasteiger partial charge in [0.1, 0.15) is 5.69 Å². The smallest absolute Gasteiger partial charge is 0.275 e. The maximum absolute atomic E-state index is 12.4. The summed E-state index contributed by atoms with van der Waals surface area (Å²) in [4.78, 5) is 25.3. The minimum Gasteiger partial charge on any atom is -0.477 e. The van der Waals surface area contributed by atoms with Crippen molar-refractivity contribution < 1.29 is 9.53 Å². The molecule has 1 amide bonds. The zero-order valence-electron chi connectivity index (χ0n) is 14.3. The molecule has 0 saturated carbocycles. The van der Waals surface area contributed by atoms with Gasteiger partial charge in [-0.1, -0.05) is 18.2 Å². The zero-order chi connectivity index (χ0) is 18.4. The molecule has 0 bridgehead atoms. The number of nitrogens with zero attached hydrogens (tertiary/aromatic N) is 3. The monoisotopic (exact) mass is 349 g/mol. The fraction of sp³-hybridized carbons (Fsp3) is 0.158. The van der Waals surface area contributed by atoms with E-state index in [4.69, 9.17) is 10.5 Å². The summed E-state index contributed by atoms with van der Waals surface area (Å²) in [5.41, 5.74) is 8.38. The molecule has 0 unspecified atom stereocenters. The maximum atomic E-state index is 12.4. The molecule has 0 fully saturated rings. The van der Waals surface area contributed by atoms with E-state index in [1.54, 1.807) is 30.6 Å². The molecule has 1 aromatic carbocycles. The summed E-state index contributed by atoms with van der Waals surface area (Å²) in [7, 11) is 0. The van der Waals surface area contributed by atoms with Crippen LogP contribution in [0, 0.1) is 0 Å². The van der Waals surface area contributed by atoms with Crippen molar-refractivity contribution >= 4 is 17.4 Å². The fourth-order valence-electron chi connectivity index (χ4n) is 2.41. The summed E-state index contributed by atoms with van der Waals surface area (Å²) in [6, 6.07) is 12.6. The lowest BCUT2D eigenvalue weighted by Crippen LogP contribution is -2.17. The van der Waals surface area contributed by atoms with Crippen LogP contribution in [0.25, 0.3) is 0 Å². The van der Waals surface area contributed by atoms with E-state index in [0.717, 1.165) is 5.56 Å². The number of hydrogen-bond donors (Lipinski definition) is 2. The van der Waals surface area contributed by atoms with E-state index in [1.807, 2.05) is 31.2 Å². The minimum atomic E-state index is -0.359. The first-order valence-corrected chi connectivity index (χ1v) is 8.21. The second kappa shape index (κ2) is 8.06. The molecule has 132 valence electrons. The number of pyridine rings is 1. The Hall–Kier alpha value is -3.48. The normalized spacial score (nSPS) is 10.3. The molecule has 3 rings (SSSR count). The van der Waals surface area contributed by atoms with Crippen molar-refractivity contribution in [3.63, 3.8) is 0 Å². The van der Waals surface area contributed by atoms with Gasteiger partial charge in [-0.15, -0.1) is 0 Å². The highest BCUT2D eigenvalue weighted by Crippen LogP contribution is 2.20. The van der Waals surface area contributed by atoms with Crippen molar-refractivity contribution in [3.05, 3.63) is 71.8 Å². The van der Waals surface area contributed by atoms with Gasteiger partial charge in [-0.3, -0.25) is 14.8 Å². The van der Waals surface area contributed by atoms with Crippen molar-refractivity contribution in [1.82, 2.24) is 15.0 Å². The predicted octanol–water partition coefficient (Wildman–Crippen LogP) is 2.70. The molecule has 0 aliphatic carbocycles. The van der Waals surface area contributed by atoms with Crippen LogP contribution in [0.15, 0.2) is 54.9 Å². The van der Waals surface area contributed by atoms with E-state index < -0.39 is 0 Å². The van der Waals surface area contributed by atoms with Crippen LogP contribution in [0.1, 0.15) is 28.7 Å². The van der Waals surface area contributed by atoms with Crippen LogP contribution in [0.5, 0.6) is 5.88 Å². The van der Waals surface area contributed by atoms with Gasteiger partial charge in [0, 0.05) is 18.3 Å². The summed E-state index contributed by atoms with van der Waals surface area (Å²) in [6.07, 6.45) is 3.58. The van der Waals surface area contributed by atoms with Gasteiger partial charge in [-0.2, -0.15) is 4.98 Å². The summed E-state index contributed by atoms with van der Waals surface area (Å²) < 4.78 is 5.40. The first-order valence-electron chi connectivity index (χ1n) is 8.21. The molecule has 0 saturated heterocycles. The SMILES string of the molecule is CCOc1cnc(Cc2cccc(N)c2)c(NC(=O)c2ccccn2)n1. The predicted molar refractivity (Wildman–Crippen MR) is 99.1 cm³/mol. The number of carbonyl (C=O) groups excluding carboxylic acids is 1. The van der Waals surface area contributed by atoms with Gasteiger partial charge >= 0.3 is 0 Å². The molecule has 7 heteroatoms. The number of hydrogen-bond acceptors (Lipinski definition) is 6. The van der Waals surface area contributed by atoms with Crippen LogP contribution in [0.3, 0.4) is 0 Å². The van der Waals surface area contributed by atoms with E-state index in [0.29, 0.717) is 41.8 Å². The lowest BCUT2D eigenvalue weighted by Gasteiger charge is -2.11. The number of nitrogen functional groups attached to an aromatic ring is 1. The molecule has 0 aliphatic heterocycles. The van der Waals surface area contributed by atoms with Crippen LogP contribution in [0.4, 0.5) is 11.5 Å². The molecule has 0 radical (unpaired) electrons.